The first-order valence-corrected chi connectivity index (χ1v) is 14.9. The van der Waals surface area contributed by atoms with E-state index in [9.17, 15) is 43.2 Å². The average Bonchev–Trinajstić information content (AvgIpc) is 3.16. The third-order valence-corrected chi connectivity index (χ3v) is 9.15. The molecule has 0 atom stereocenters. The molecule has 0 amide bonds. The van der Waals surface area contributed by atoms with Gasteiger partial charge in [-0.2, -0.15) is 26.3 Å². The van der Waals surface area contributed by atoms with E-state index in [1.54, 1.807) is 0 Å². The summed E-state index contributed by atoms with van der Waals surface area (Å²) in [7, 11) is -6.30. The van der Waals surface area contributed by atoms with Crippen LogP contribution in [0.4, 0.5) is 26.3 Å². The Kier molecular flexibility index (Phi) is 9.72. The van der Waals surface area contributed by atoms with Crippen LogP contribution in [0.15, 0.2) is 45.7 Å². The first kappa shape index (κ1) is 32.8. The predicted molar refractivity (Wildman–Crippen MR) is 139 cm³/mol. The highest BCUT2D eigenvalue weighted by molar-refractivity contribution is 8.00. The monoisotopic (exact) mass is 601 g/mol. The average molecular weight is 602 g/mol. The molecule has 1 N–H and O–H groups in total. The van der Waals surface area contributed by atoms with Crippen molar-refractivity contribution < 1.29 is 47.7 Å². The highest BCUT2D eigenvalue weighted by Gasteiger charge is 2.57. The first-order valence-electron chi connectivity index (χ1n) is 12.0. The summed E-state index contributed by atoms with van der Waals surface area (Å²) in [5, 5.41) is 7.82. The third-order valence-electron chi connectivity index (χ3n) is 5.94. The van der Waals surface area contributed by atoms with Crippen LogP contribution in [0.2, 0.25) is 0 Å². The molecule has 0 fully saturated rings. The Labute approximate surface area is 224 Å². The number of sulfone groups is 2. The maximum absolute atomic E-state index is 13.0. The molecule has 1 aromatic carbocycles. The van der Waals surface area contributed by atoms with E-state index in [1.165, 1.54) is 62.9 Å². The summed E-state index contributed by atoms with van der Waals surface area (Å²) in [6.45, 7) is 3.59. The standard InChI is InChI=1S/C15H7F6NO4S2.C10H24N/c16-14(17,18)27(23,24)11-6-9-8-4-2-1-3-7(8)5-10(9)12(22)13(11)28(25,26)15(19,20)21;1-5-6-7-8-9-10-11(2,3)4/h1-6,22H;5-10H2,1-4H3/q;+1. The fraction of sp³-hybridized carbons (Fsp3) is 0.480. The summed E-state index contributed by atoms with van der Waals surface area (Å²) in [5.74, 6) is 0. The van der Waals surface area contributed by atoms with E-state index < -0.39 is 51.8 Å². The van der Waals surface area contributed by atoms with E-state index in [-0.39, 0.29) is 22.8 Å². The van der Waals surface area contributed by atoms with Crippen LogP contribution < -0.4 is 0 Å². The van der Waals surface area contributed by atoms with Crippen molar-refractivity contribution in [2.24, 2.45) is 0 Å². The Balaban J connectivity index is 0.000000411. The van der Waals surface area contributed by atoms with E-state index in [0.717, 1.165) is 10.6 Å². The molecule has 0 aromatic heterocycles. The zero-order valence-electron chi connectivity index (χ0n) is 21.9. The van der Waals surface area contributed by atoms with Crippen LogP contribution in [-0.2, 0) is 19.7 Å². The highest BCUT2D eigenvalue weighted by atomic mass is 32.2. The second-order valence-electron chi connectivity index (χ2n) is 10.1. The van der Waals surface area contributed by atoms with Gasteiger partial charge in [0.1, 0.15) is 4.91 Å². The summed E-state index contributed by atoms with van der Waals surface area (Å²) in [5.41, 5.74) is -13.9. The number of hydrogen-bond donors (Lipinski definition) is 1. The van der Waals surface area contributed by atoms with Crippen molar-refractivity contribution in [2.45, 2.75) is 50.0 Å². The number of halogens is 6. The van der Waals surface area contributed by atoms with E-state index in [2.05, 4.69) is 28.1 Å². The Hall–Kier alpha value is -2.45. The molecule has 3 rings (SSSR count). The lowest BCUT2D eigenvalue weighted by Crippen LogP contribution is -2.35. The third kappa shape index (κ3) is 7.20. The second-order valence-corrected chi connectivity index (χ2v) is 13.9. The van der Waals surface area contributed by atoms with Gasteiger partial charge in [0.15, 0.2) is 0 Å². The predicted octanol–water partition coefficient (Wildman–Crippen LogP) is 6.24. The number of alkyl halides is 6. The Morgan fingerprint density at radius 1 is 0.769 bits per heavy atom. The first-order chi connectivity index (χ1) is 17.7. The van der Waals surface area contributed by atoms with Crippen molar-refractivity contribution in [1.29, 1.82) is 5.41 Å². The maximum Gasteiger partial charge on any atom is 0.502 e. The second kappa shape index (κ2) is 11.6. The summed E-state index contributed by atoms with van der Waals surface area (Å²) in [6.07, 6.45) is 8.33. The molecule has 0 aliphatic heterocycles. The topological polar surface area (TPSA) is 92.1 Å². The molecule has 0 radical (unpaired) electrons. The van der Waals surface area contributed by atoms with Gasteiger partial charge in [0, 0.05) is 5.57 Å². The van der Waals surface area contributed by atoms with Gasteiger partial charge < -0.3 is 4.48 Å². The van der Waals surface area contributed by atoms with Crippen LogP contribution in [0, 0.1) is 5.41 Å². The van der Waals surface area contributed by atoms with Crippen molar-refractivity contribution in [1.82, 2.24) is 0 Å². The molecule has 0 bridgehead atoms. The van der Waals surface area contributed by atoms with Crippen LogP contribution in [0.5, 0.6) is 0 Å². The van der Waals surface area contributed by atoms with Gasteiger partial charge in [-0.05, 0) is 41.7 Å². The quantitative estimate of drug-likeness (QED) is 0.217. The molecule has 0 saturated heterocycles. The maximum atomic E-state index is 13.0. The summed E-state index contributed by atoms with van der Waals surface area (Å²) >= 11 is 0. The number of fused-ring (bicyclic) bond motifs is 3. The SMILES string of the molecule is CCCCCCC[N+](C)(C)C.N=C1C2=Cc3ccccc3C2=CC(S(=O)(=O)C(F)(F)F)=C1S(=O)(=O)C(F)(F)F. The molecule has 0 heterocycles. The van der Waals surface area contributed by atoms with E-state index in [0.29, 0.717) is 0 Å². The molecule has 2 aliphatic rings. The summed E-state index contributed by atoms with van der Waals surface area (Å²) < 4.78 is 127. The van der Waals surface area contributed by atoms with Crippen molar-refractivity contribution in [3.05, 3.63) is 56.9 Å². The molecule has 6 nitrogen and oxygen atoms in total. The number of quaternary nitrogens is 1. The zero-order chi connectivity index (χ0) is 30.0. The minimum Gasteiger partial charge on any atom is -0.331 e. The largest absolute Gasteiger partial charge is 0.502 e. The number of nitrogens with one attached hydrogen (secondary N) is 1. The van der Waals surface area contributed by atoms with Crippen LogP contribution in [0.1, 0.15) is 50.2 Å². The van der Waals surface area contributed by atoms with Crippen LogP contribution in [0.3, 0.4) is 0 Å². The number of nitrogens with zero attached hydrogens (tertiary/aromatic N) is 1. The molecule has 14 heteroatoms. The molecule has 39 heavy (non-hydrogen) atoms. The normalized spacial score (nSPS) is 16.2. The zero-order valence-corrected chi connectivity index (χ0v) is 23.5. The van der Waals surface area contributed by atoms with Gasteiger partial charge in [-0.1, -0.05) is 50.5 Å². The van der Waals surface area contributed by atoms with Crippen molar-refractivity contribution in [3.8, 4) is 0 Å². The van der Waals surface area contributed by atoms with Gasteiger partial charge in [-0.25, -0.2) is 16.8 Å². The van der Waals surface area contributed by atoms with Gasteiger partial charge in [0.25, 0.3) is 19.7 Å². The number of unbranched alkanes of at least 4 members (excludes halogenated alkanes) is 4. The van der Waals surface area contributed by atoms with Crippen LogP contribution in [-0.4, -0.2) is 65.7 Å². The smallest absolute Gasteiger partial charge is 0.331 e. The minimum atomic E-state index is -6.58. The van der Waals surface area contributed by atoms with E-state index in [1.807, 2.05) is 0 Å². The Morgan fingerprint density at radius 3 is 1.82 bits per heavy atom. The lowest BCUT2D eigenvalue weighted by Gasteiger charge is -2.23. The molecular formula is C25H31F6N2O4S2+. The van der Waals surface area contributed by atoms with Gasteiger partial charge >= 0.3 is 11.0 Å². The van der Waals surface area contributed by atoms with E-state index in [4.69, 9.17) is 5.41 Å². The van der Waals surface area contributed by atoms with Crippen molar-refractivity contribution in [3.63, 3.8) is 0 Å². The van der Waals surface area contributed by atoms with Crippen LogP contribution in [0.25, 0.3) is 11.6 Å². The molecule has 0 unspecified atom stereocenters. The van der Waals surface area contributed by atoms with Gasteiger partial charge in [0.05, 0.1) is 38.3 Å². The summed E-state index contributed by atoms with van der Waals surface area (Å²) in [4.78, 5) is -4.38. The Morgan fingerprint density at radius 2 is 1.31 bits per heavy atom. The number of benzene rings is 1. The lowest BCUT2D eigenvalue weighted by molar-refractivity contribution is -0.870. The fourth-order valence-corrected chi connectivity index (χ4v) is 6.41. The molecule has 0 spiro atoms. The molecule has 2 aliphatic carbocycles. The molecule has 218 valence electrons. The number of allylic oxidation sites excluding steroid dienone is 4. The van der Waals surface area contributed by atoms with Gasteiger partial charge in [-0.3, -0.25) is 5.41 Å². The van der Waals surface area contributed by atoms with Gasteiger partial charge in [-0.15, -0.1) is 0 Å². The van der Waals surface area contributed by atoms with Gasteiger partial charge in [0.2, 0.25) is 0 Å². The van der Waals surface area contributed by atoms with Crippen molar-refractivity contribution in [2.75, 3.05) is 27.7 Å². The molecule has 0 saturated carbocycles. The summed E-state index contributed by atoms with van der Waals surface area (Å²) in [6, 6.07) is 5.69. The minimum absolute atomic E-state index is 0.153. The molecular weight excluding hydrogens is 570 g/mol. The number of hydrogen-bond acceptors (Lipinski definition) is 5. The van der Waals surface area contributed by atoms with Crippen LogP contribution >= 0.6 is 0 Å². The lowest BCUT2D eigenvalue weighted by atomic mass is 9.95. The highest BCUT2D eigenvalue weighted by Crippen LogP contribution is 2.47. The van der Waals surface area contributed by atoms with E-state index >= 15 is 0 Å². The molecule has 1 aromatic rings. The fourth-order valence-electron chi connectivity index (χ4n) is 3.95. The number of rotatable bonds is 8. The van der Waals surface area contributed by atoms with Crippen molar-refractivity contribution >= 4 is 37.0 Å². The Bertz CT molecular complexity index is 1410.